The highest BCUT2D eigenvalue weighted by atomic mass is 16.2. The van der Waals surface area contributed by atoms with Crippen LogP contribution in [-0.2, 0) is 25.2 Å². The molecule has 57 heavy (non-hydrogen) atoms. The van der Waals surface area contributed by atoms with Crippen molar-refractivity contribution in [2.45, 2.75) is 77.0 Å². The average molecular weight is 763 g/mol. The fraction of sp³-hybridized carbons (Fsp3) is 0.347. The number of primary amides is 1. The number of nitrogens with one attached hydrogen (secondary N) is 2. The summed E-state index contributed by atoms with van der Waals surface area (Å²) in [5.74, 6) is -0.947. The molecule has 0 aromatic heterocycles. The largest absolute Gasteiger partial charge is 0.369 e. The molecule has 8 nitrogen and oxygen atoms in total. The molecule has 294 valence electrons. The molecule has 0 saturated heterocycles. The minimum absolute atomic E-state index is 0.0176. The van der Waals surface area contributed by atoms with Crippen molar-refractivity contribution in [1.82, 2.24) is 10.6 Å². The number of amides is 3. The van der Waals surface area contributed by atoms with Crippen LogP contribution >= 0.6 is 0 Å². The quantitative estimate of drug-likeness (QED) is 0.169. The van der Waals surface area contributed by atoms with Crippen LogP contribution in [0.5, 0.6) is 0 Å². The third-order valence-corrected chi connectivity index (χ3v) is 12.1. The molecule has 1 unspecified atom stereocenters. The predicted octanol–water partition coefficient (Wildman–Crippen LogP) is 8.41. The summed E-state index contributed by atoms with van der Waals surface area (Å²) in [6.07, 6.45) is 18.3. The van der Waals surface area contributed by atoms with Gasteiger partial charge in [0.15, 0.2) is 12.3 Å². The SMILES string of the molecule is CC1(C)C2=[N+](CCC(=O)NCC(C(N)=O)CCCCCNC(=O)CCN3/C(=C/C=C/C=C/C=C/2)C(C)(C)c2c3ccc3ccccc23)c2ccc3ccccc3c21. The summed E-state index contributed by atoms with van der Waals surface area (Å²) in [4.78, 5) is 41.1. The highest BCUT2D eigenvalue weighted by Crippen LogP contribution is 2.51. The molecule has 0 fully saturated rings. The van der Waals surface area contributed by atoms with E-state index in [9.17, 15) is 14.4 Å². The van der Waals surface area contributed by atoms with Crippen LogP contribution in [0.3, 0.4) is 0 Å². The van der Waals surface area contributed by atoms with Gasteiger partial charge in [0.05, 0.1) is 17.8 Å². The molecule has 4 aromatic rings. The lowest BCUT2D eigenvalue weighted by Crippen LogP contribution is -2.37. The Morgan fingerprint density at radius 3 is 2.16 bits per heavy atom. The Kier molecular flexibility index (Phi) is 11.6. The van der Waals surface area contributed by atoms with E-state index in [1.54, 1.807) is 0 Å². The summed E-state index contributed by atoms with van der Waals surface area (Å²) < 4.78 is 2.28. The molecule has 4 aromatic carbocycles. The van der Waals surface area contributed by atoms with Crippen molar-refractivity contribution in [2.24, 2.45) is 11.7 Å². The summed E-state index contributed by atoms with van der Waals surface area (Å²) in [6, 6.07) is 25.7. The third kappa shape index (κ3) is 8.09. The maximum Gasteiger partial charge on any atom is 0.226 e. The first-order chi connectivity index (χ1) is 27.5. The van der Waals surface area contributed by atoms with Crippen LogP contribution in [0, 0.1) is 5.92 Å². The number of carbonyl (C=O) groups is 3. The van der Waals surface area contributed by atoms with Crippen molar-refractivity contribution in [1.29, 1.82) is 0 Å². The molecule has 0 saturated carbocycles. The number of nitrogens with zero attached hydrogens (tertiary/aromatic N) is 2. The number of hydrogen-bond donors (Lipinski definition) is 3. The average Bonchev–Trinajstić information content (AvgIpc) is 3.55. The van der Waals surface area contributed by atoms with Gasteiger partial charge in [0.1, 0.15) is 0 Å². The molecule has 0 aliphatic carbocycles. The van der Waals surface area contributed by atoms with E-state index in [4.69, 9.17) is 5.73 Å². The Morgan fingerprint density at radius 1 is 0.737 bits per heavy atom. The Labute approximate surface area is 336 Å². The summed E-state index contributed by atoms with van der Waals surface area (Å²) in [6.45, 7) is 10.9. The molecule has 3 heterocycles. The van der Waals surface area contributed by atoms with E-state index in [1.807, 2.05) is 12.2 Å². The molecular weight excluding hydrogens is 707 g/mol. The molecule has 4 N–H and O–H groups in total. The second-order valence-corrected chi connectivity index (χ2v) is 16.6. The van der Waals surface area contributed by atoms with Crippen LogP contribution in [0.2, 0.25) is 0 Å². The maximum atomic E-state index is 13.3. The number of hydrogen-bond acceptors (Lipinski definition) is 4. The number of carbonyl (C=O) groups excluding carboxylic acids is 3. The van der Waals surface area contributed by atoms with Crippen LogP contribution in [-0.4, -0.2) is 54.2 Å². The number of benzene rings is 4. The zero-order valence-corrected chi connectivity index (χ0v) is 33.8. The molecule has 3 aliphatic rings. The molecule has 1 atom stereocenters. The van der Waals surface area contributed by atoms with Gasteiger partial charge >= 0.3 is 0 Å². The third-order valence-electron chi connectivity index (χ3n) is 12.1. The highest BCUT2D eigenvalue weighted by Gasteiger charge is 2.45. The Hall–Kier alpha value is -5.76. The van der Waals surface area contributed by atoms with E-state index in [0.717, 1.165) is 42.0 Å². The molecular formula is C49H56N5O3+. The van der Waals surface area contributed by atoms with E-state index in [2.05, 4.69) is 151 Å². The van der Waals surface area contributed by atoms with Gasteiger partial charge in [-0.05, 0) is 72.0 Å². The number of fused-ring (bicyclic) bond motifs is 9. The predicted molar refractivity (Wildman–Crippen MR) is 233 cm³/mol. The molecule has 8 heteroatoms. The lowest BCUT2D eigenvalue weighted by molar-refractivity contribution is -0.436. The van der Waals surface area contributed by atoms with Crippen molar-refractivity contribution in [2.75, 3.05) is 31.1 Å². The first-order valence-electron chi connectivity index (χ1n) is 20.5. The van der Waals surface area contributed by atoms with Gasteiger partial charge in [-0.3, -0.25) is 14.4 Å². The smallest absolute Gasteiger partial charge is 0.226 e. The molecule has 0 spiro atoms. The first kappa shape index (κ1) is 39.5. The monoisotopic (exact) mass is 762 g/mol. The maximum absolute atomic E-state index is 13.3. The Morgan fingerprint density at radius 2 is 1.40 bits per heavy atom. The van der Waals surface area contributed by atoms with Crippen molar-refractivity contribution >= 4 is 56.4 Å². The lowest BCUT2D eigenvalue weighted by atomic mass is 9.79. The van der Waals surface area contributed by atoms with E-state index < -0.39 is 11.8 Å². The second kappa shape index (κ2) is 16.8. The van der Waals surface area contributed by atoms with Crippen molar-refractivity contribution < 1.29 is 19.0 Å². The number of rotatable bonds is 1. The van der Waals surface area contributed by atoms with Gasteiger partial charge in [-0.1, -0.05) is 112 Å². The molecule has 0 radical (unpaired) electrons. The standard InChI is InChI=1S/C49H55N5O3/c1-48(2)41-22-10-6-5-7-11-23-42-49(3,4)46-38-21-15-13-18-35(38)25-27-40(46)54(42)32-29-44(56)52-33-36(47(50)57)19-9-8-16-30-51-43(55)28-31-53(41)39-26-24-34-17-12-14-20-37(34)45(39)48/h5-7,10-15,17-18,20-27,36H,8-9,16,19,28-33H2,1-4H3,(H3-,50,51,52,55,56,57)/p+1. The van der Waals surface area contributed by atoms with Crippen molar-refractivity contribution in [3.05, 3.63) is 132 Å². The summed E-state index contributed by atoms with van der Waals surface area (Å²) in [5.41, 5.74) is 12.2. The van der Waals surface area contributed by atoms with Crippen LogP contribution in [0.4, 0.5) is 11.4 Å². The van der Waals surface area contributed by atoms with Crippen LogP contribution in [0.1, 0.15) is 77.3 Å². The molecule has 3 aliphatic heterocycles. The summed E-state index contributed by atoms with van der Waals surface area (Å²) in [7, 11) is 0. The zero-order valence-electron chi connectivity index (χ0n) is 33.8. The van der Waals surface area contributed by atoms with Gasteiger partial charge in [-0.2, -0.15) is 4.58 Å². The number of allylic oxidation sites excluding steroid dienone is 8. The fourth-order valence-corrected chi connectivity index (χ4v) is 9.14. The number of anilines is 1. The van der Waals surface area contributed by atoms with Gasteiger partial charge in [-0.15, -0.1) is 0 Å². The van der Waals surface area contributed by atoms with Gasteiger partial charge in [-0.25, -0.2) is 0 Å². The highest BCUT2D eigenvalue weighted by molar-refractivity contribution is 6.07. The van der Waals surface area contributed by atoms with E-state index in [-0.39, 0.29) is 35.6 Å². The minimum atomic E-state index is -0.447. The summed E-state index contributed by atoms with van der Waals surface area (Å²) >= 11 is 0. The fourth-order valence-electron chi connectivity index (χ4n) is 9.14. The Bertz CT molecular complexity index is 2360. The van der Waals surface area contributed by atoms with E-state index in [0.29, 0.717) is 32.5 Å². The van der Waals surface area contributed by atoms with E-state index in [1.165, 1.54) is 32.7 Å². The van der Waals surface area contributed by atoms with Gasteiger partial charge in [0.2, 0.25) is 23.4 Å². The van der Waals surface area contributed by atoms with Crippen LogP contribution in [0.15, 0.2) is 121 Å². The zero-order chi connectivity index (χ0) is 40.2. The molecule has 0 bridgehead atoms. The van der Waals surface area contributed by atoms with Crippen LogP contribution in [0.25, 0.3) is 21.5 Å². The van der Waals surface area contributed by atoms with Crippen molar-refractivity contribution in [3.63, 3.8) is 0 Å². The first-order valence-corrected chi connectivity index (χ1v) is 20.5. The lowest BCUT2D eigenvalue weighted by Gasteiger charge is -2.27. The van der Waals surface area contributed by atoms with Gasteiger partial charge in [0, 0.05) is 60.6 Å². The topological polar surface area (TPSA) is 108 Å². The van der Waals surface area contributed by atoms with E-state index >= 15 is 0 Å². The van der Waals surface area contributed by atoms with Crippen molar-refractivity contribution in [3.8, 4) is 0 Å². The summed E-state index contributed by atoms with van der Waals surface area (Å²) in [5, 5.41) is 10.9. The number of nitrogens with two attached hydrogens (primary N) is 1. The van der Waals surface area contributed by atoms with Gasteiger partial charge < -0.3 is 21.3 Å². The molecule has 3 amide bonds. The normalized spacial score (nSPS) is 23.3. The van der Waals surface area contributed by atoms with Crippen LogP contribution < -0.4 is 21.3 Å². The second-order valence-electron chi connectivity index (χ2n) is 16.6. The Balaban J connectivity index is 1.21. The molecule has 7 rings (SSSR count). The van der Waals surface area contributed by atoms with Gasteiger partial charge in [0.25, 0.3) is 0 Å². The minimum Gasteiger partial charge on any atom is -0.369 e.